The lowest BCUT2D eigenvalue weighted by molar-refractivity contribution is 0.208. The number of benzene rings is 1. The third-order valence-corrected chi connectivity index (χ3v) is 5.74. The van der Waals surface area contributed by atoms with Crippen LogP contribution in [0.2, 0.25) is 0 Å². The summed E-state index contributed by atoms with van der Waals surface area (Å²) in [6.07, 6.45) is 1.39. The zero-order valence-corrected chi connectivity index (χ0v) is 12.1. The summed E-state index contributed by atoms with van der Waals surface area (Å²) < 4.78 is 26.5. The van der Waals surface area contributed by atoms with Crippen molar-refractivity contribution < 1.29 is 8.42 Å². The first-order valence-electron chi connectivity index (χ1n) is 6.18. The van der Waals surface area contributed by atoms with E-state index in [1.54, 1.807) is 37.4 Å². The van der Waals surface area contributed by atoms with Crippen LogP contribution < -0.4 is 5.73 Å². The molecule has 0 saturated heterocycles. The molecule has 0 unspecified atom stereocenters. The van der Waals surface area contributed by atoms with E-state index in [4.69, 9.17) is 5.73 Å². The van der Waals surface area contributed by atoms with Crippen LogP contribution in [0.4, 0.5) is 0 Å². The minimum atomic E-state index is -3.48. The molecule has 0 saturated carbocycles. The maximum atomic E-state index is 12.5. The number of rotatable bonds is 6. The number of hydrogen-bond acceptors (Lipinski definition) is 3. The van der Waals surface area contributed by atoms with E-state index in [1.165, 1.54) is 4.31 Å². The summed E-state index contributed by atoms with van der Waals surface area (Å²) in [7, 11) is -1.87. The van der Waals surface area contributed by atoms with Gasteiger partial charge < -0.3 is 5.73 Å². The van der Waals surface area contributed by atoms with E-state index in [0.29, 0.717) is 24.3 Å². The smallest absolute Gasteiger partial charge is 0.243 e. The summed E-state index contributed by atoms with van der Waals surface area (Å²) in [5.41, 5.74) is 5.29. The van der Waals surface area contributed by atoms with Crippen molar-refractivity contribution in [1.29, 1.82) is 0 Å². The van der Waals surface area contributed by atoms with Crippen molar-refractivity contribution in [3.63, 3.8) is 0 Å². The number of nitrogens with zero attached hydrogens (tertiary/aromatic N) is 1. The maximum Gasteiger partial charge on any atom is 0.243 e. The van der Waals surface area contributed by atoms with Gasteiger partial charge in [0.1, 0.15) is 0 Å². The van der Waals surface area contributed by atoms with Crippen molar-refractivity contribution in [2.24, 2.45) is 5.73 Å². The van der Waals surface area contributed by atoms with Gasteiger partial charge in [0.25, 0.3) is 0 Å². The van der Waals surface area contributed by atoms with E-state index in [0.717, 1.165) is 0 Å². The Kier molecular flexibility index (Phi) is 4.90. The van der Waals surface area contributed by atoms with E-state index in [9.17, 15) is 8.42 Å². The van der Waals surface area contributed by atoms with E-state index in [2.05, 4.69) is 0 Å². The Bertz CT molecular complexity index is 459. The highest BCUT2D eigenvalue weighted by atomic mass is 32.2. The molecule has 18 heavy (non-hydrogen) atoms. The highest BCUT2D eigenvalue weighted by Gasteiger charge is 2.37. The van der Waals surface area contributed by atoms with Crippen LogP contribution in [-0.2, 0) is 10.0 Å². The van der Waals surface area contributed by atoms with Gasteiger partial charge in [-0.3, -0.25) is 0 Å². The molecule has 0 aliphatic rings. The molecule has 1 aromatic rings. The third-order valence-electron chi connectivity index (χ3n) is 3.77. The average molecular weight is 270 g/mol. The minimum Gasteiger partial charge on any atom is -0.329 e. The fourth-order valence-electron chi connectivity index (χ4n) is 2.12. The fraction of sp³-hybridized carbons (Fsp3) is 0.538. The molecule has 2 N–H and O–H groups in total. The first-order valence-corrected chi connectivity index (χ1v) is 7.62. The van der Waals surface area contributed by atoms with Gasteiger partial charge in [-0.1, -0.05) is 32.0 Å². The second-order valence-electron chi connectivity index (χ2n) is 4.42. The van der Waals surface area contributed by atoms with Crippen LogP contribution >= 0.6 is 0 Å². The normalized spacial score (nSPS) is 12.9. The van der Waals surface area contributed by atoms with Gasteiger partial charge in [0, 0.05) is 19.1 Å². The Morgan fingerprint density at radius 2 is 1.67 bits per heavy atom. The highest BCUT2D eigenvalue weighted by Crippen LogP contribution is 2.27. The summed E-state index contributed by atoms with van der Waals surface area (Å²) in [4.78, 5) is 0.312. The van der Waals surface area contributed by atoms with Gasteiger partial charge in [0.15, 0.2) is 0 Å². The lowest BCUT2D eigenvalue weighted by Crippen LogP contribution is -2.53. The molecule has 0 radical (unpaired) electrons. The summed E-state index contributed by atoms with van der Waals surface area (Å²) in [6, 6.07) is 8.47. The van der Waals surface area contributed by atoms with Crippen LogP contribution in [0.1, 0.15) is 26.7 Å². The van der Waals surface area contributed by atoms with Crippen LogP contribution in [0, 0.1) is 0 Å². The Hall–Kier alpha value is -0.910. The predicted molar refractivity (Wildman–Crippen MR) is 73.8 cm³/mol. The van der Waals surface area contributed by atoms with Crippen molar-refractivity contribution in [1.82, 2.24) is 4.31 Å². The van der Waals surface area contributed by atoms with Crippen LogP contribution in [-0.4, -0.2) is 31.9 Å². The number of sulfonamides is 1. The molecule has 0 atom stereocenters. The summed E-state index contributed by atoms with van der Waals surface area (Å²) in [6.45, 7) is 4.25. The van der Waals surface area contributed by atoms with Crippen molar-refractivity contribution in [3.05, 3.63) is 30.3 Å². The molecule has 102 valence electrons. The second-order valence-corrected chi connectivity index (χ2v) is 6.39. The number of nitrogens with two attached hydrogens (primary N) is 1. The molecule has 0 aliphatic heterocycles. The second kappa shape index (κ2) is 5.82. The van der Waals surface area contributed by atoms with Crippen molar-refractivity contribution in [2.75, 3.05) is 13.6 Å². The van der Waals surface area contributed by atoms with Crippen molar-refractivity contribution >= 4 is 10.0 Å². The molecular weight excluding hydrogens is 248 g/mol. The van der Waals surface area contributed by atoms with Crippen LogP contribution in [0.25, 0.3) is 0 Å². The monoisotopic (exact) mass is 270 g/mol. The van der Waals surface area contributed by atoms with E-state index >= 15 is 0 Å². The molecule has 1 aromatic carbocycles. The molecule has 1 rings (SSSR count). The third kappa shape index (κ3) is 2.58. The Balaban J connectivity index is 3.21. The largest absolute Gasteiger partial charge is 0.329 e. The van der Waals surface area contributed by atoms with Crippen molar-refractivity contribution in [3.8, 4) is 0 Å². The first kappa shape index (κ1) is 15.1. The lowest BCUT2D eigenvalue weighted by Gasteiger charge is -2.38. The lowest BCUT2D eigenvalue weighted by atomic mass is 9.93. The molecule has 0 aliphatic carbocycles. The molecule has 0 aromatic heterocycles. The Morgan fingerprint density at radius 1 is 1.17 bits per heavy atom. The fourth-order valence-corrected chi connectivity index (χ4v) is 3.78. The standard InChI is InChI=1S/C13H22N2O2S/c1-4-13(5-2,11-14)15(3)18(16,17)12-9-7-6-8-10-12/h6-10H,4-5,11,14H2,1-3H3. The summed E-state index contributed by atoms with van der Waals surface area (Å²) >= 11 is 0. The summed E-state index contributed by atoms with van der Waals surface area (Å²) in [5, 5.41) is 0. The van der Waals surface area contributed by atoms with Gasteiger partial charge in [-0.05, 0) is 25.0 Å². The minimum absolute atomic E-state index is 0.312. The average Bonchev–Trinajstić information content (AvgIpc) is 2.42. The first-order chi connectivity index (χ1) is 8.44. The zero-order valence-electron chi connectivity index (χ0n) is 11.3. The quantitative estimate of drug-likeness (QED) is 0.857. The number of likely N-dealkylation sites (N-methyl/N-ethyl adjacent to an activating group) is 1. The van der Waals surface area contributed by atoms with Crippen molar-refractivity contribution in [2.45, 2.75) is 37.1 Å². The molecule has 0 bridgehead atoms. The molecule has 4 nitrogen and oxygen atoms in total. The van der Waals surface area contributed by atoms with Gasteiger partial charge >= 0.3 is 0 Å². The van der Waals surface area contributed by atoms with Crippen LogP contribution in [0.3, 0.4) is 0 Å². The van der Waals surface area contributed by atoms with Gasteiger partial charge in [-0.15, -0.1) is 0 Å². The molecule has 0 heterocycles. The van der Waals surface area contributed by atoms with Gasteiger partial charge in [-0.25, -0.2) is 8.42 Å². The van der Waals surface area contributed by atoms with Crippen LogP contribution in [0.15, 0.2) is 35.2 Å². The van der Waals surface area contributed by atoms with Gasteiger partial charge in [-0.2, -0.15) is 4.31 Å². The van der Waals surface area contributed by atoms with E-state index in [1.807, 2.05) is 13.8 Å². The molecule has 0 fully saturated rings. The molecule has 0 amide bonds. The maximum absolute atomic E-state index is 12.5. The summed E-state index contributed by atoms with van der Waals surface area (Å²) in [5.74, 6) is 0. The molecular formula is C13H22N2O2S. The molecule has 5 heteroatoms. The van der Waals surface area contributed by atoms with Crippen LogP contribution in [0.5, 0.6) is 0 Å². The van der Waals surface area contributed by atoms with E-state index < -0.39 is 15.6 Å². The topological polar surface area (TPSA) is 63.4 Å². The van der Waals surface area contributed by atoms with Gasteiger partial charge in [0.2, 0.25) is 10.0 Å². The Labute approximate surface area is 110 Å². The predicted octanol–water partition coefficient (Wildman–Crippen LogP) is 1.82. The van der Waals surface area contributed by atoms with E-state index in [-0.39, 0.29) is 0 Å². The zero-order chi connectivity index (χ0) is 13.8. The SMILES string of the molecule is CCC(CC)(CN)N(C)S(=O)(=O)c1ccccc1. The Morgan fingerprint density at radius 3 is 2.06 bits per heavy atom. The highest BCUT2D eigenvalue weighted by molar-refractivity contribution is 7.89. The number of hydrogen-bond donors (Lipinski definition) is 1. The molecule has 0 spiro atoms. The van der Waals surface area contributed by atoms with Gasteiger partial charge in [0.05, 0.1) is 4.90 Å².